The third-order valence-electron chi connectivity index (χ3n) is 5.03. The van der Waals surface area contributed by atoms with Crippen molar-refractivity contribution in [3.05, 3.63) is 82.9 Å². The van der Waals surface area contributed by atoms with Gasteiger partial charge in [-0.15, -0.1) is 0 Å². The fraction of sp³-hybridized carbons (Fsp3) is 0.227. The Labute approximate surface area is 158 Å². The molecule has 3 aromatic carbocycles. The molecule has 0 radical (unpaired) electrons. The van der Waals surface area contributed by atoms with Crippen LogP contribution in [-0.4, -0.2) is 41.9 Å². The number of halogens is 1. The molecule has 1 aliphatic heterocycles. The van der Waals surface area contributed by atoms with Crippen molar-refractivity contribution in [2.75, 3.05) is 26.2 Å². The highest BCUT2D eigenvalue weighted by Gasteiger charge is 2.23. The van der Waals surface area contributed by atoms with Crippen molar-refractivity contribution in [2.45, 2.75) is 6.54 Å². The Morgan fingerprint density at radius 2 is 1.54 bits per heavy atom. The maximum atomic E-state index is 13.0. The second-order valence-corrected chi connectivity index (χ2v) is 7.09. The SMILES string of the molecule is O=C(c1cccc2ccccc12)N1CCN(Cc2ccccc2Cl)CC1. The molecule has 26 heavy (non-hydrogen) atoms. The molecular formula is C22H21ClN2O. The summed E-state index contributed by atoms with van der Waals surface area (Å²) in [6, 6.07) is 22.0. The van der Waals surface area contributed by atoms with Crippen molar-refractivity contribution in [3.8, 4) is 0 Å². The lowest BCUT2D eigenvalue weighted by molar-refractivity contribution is 0.0630. The molecule has 1 heterocycles. The van der Waals surface area contributed by atoms with Crippen molar-refractivity contribution in [2.24, 2.45) is 0 Å². The van der Waals surface area contributed by atoms with Gasteiger partial charge in [0.2, 0.25) is 0 Å². The first-order valence-electron chi connectivity index (χ1n) is 8.95. The first-order chi connectivity index (χ1) is 12.7. The monoisotopic (exact) mass is 364 g/mol. The van der Waals surface area contributed by atoms with E-state index in [1.807, 2.05) is 65.6 Å². The maximum Gasteiger partial charge on any atom is 0.254 e. The number of carbonyl (C=O) groups excluding carboxylic acids is 1. The van der Waals surface area contributed by atoms with Gasteiger partial charge >= 0.3 is 0 Å². The van der Waals surface area contributed by atoms with Gasteiger partial charge in [0.05, 0.1) is 0 Å². The summed E-state index contributed by atoms with van der Waals surface area (Å²) in [5.74, 6) is 0.124. The van der Waals surface area contributed by atoms with Crippen LogP contribution in [0.4, 0.5) is 0 Å². The molecule has 1 fully saturated rings. The topological polar surface area (TPSA) is 23.6 Å². The van der Waals surface area contributed by atoms with Crippen LogP contribution in [0.2, 0.25) is 5.02 Å². The summed E-state index contributed by atoms with van der Waals surface area (Å²) >= 11 is 6.27. The largest absolute Gasteiger partial charge is 0.336 e. The van der Waals surface area contributed by atoms with Crippen LogP contribution in [0.15, 0.2) is 66.7 Å². The average molecular weight is 365 g/mol. The van der Waals surface area contributed by atoms with Gasteiger partial charge in [0.25, 0.3) is 5.91 Å². The Morgan fingerprint density at radius 1 is 0.846 bits per heavy atom. The highest BCUT2D eigenvalue weighted by atomic mass is 35.5. The molecule has 1 amide bonds. The van der Waals surface area contributed by atoms with Gasteiger partial charge in [0.1, 0.15) is 0 Å². The first kappa shape index (κ1) is 17.1. The minimum absolute atomic E-state index is 0.124. The first-order valence-corrected chi connectivity index (χ1v) is 9.33. The molecule has 0 unspecified atom stereocenters. The minimum Gasteiger partial charge on any atom is -0.336 e. The van der Waals surface area contributed by atoms with Gasteiger partial charge in [-0.1, -0.05) is 66.2 Å². The minimum atomic E-state index is 0.124. The van der Waals surface area contributed by atoms with E-state index in [9.17, 15) is 4.79 Å². The number of nitrogens with zero attached hydrogens (tertiary/aromatic N) is 2. The van der Waals surface area contributed by atoms with E-state index in [0.29, 0.717) is 0 Å². The number of hydrogen-bond donors (Lipinski definition) is 0. The molecule has 0 atom stereocenters. The van der Waals surface area contributed by atoms with Gasteiger partial charge in [-0.3, -0.25) is 9.69 Å². The van der Waals surface area contributed by atoms with Gasteiger partial charge in [-0.2, -0.15) is 0 Å². The standard InChI is InChI=1S/C22H21ClN2O/c23-21-11-4-2-7-18(21)16-24-12-14-25(15-13-24)22(26)20-10-5-8-17-6-1-3-9-19(17)20/h1-11H,12-16H2. The molecule has 0 aliphatic carbocycles. The van der Waals surface area contributed by atoms with E-state index in [1.165, 1.54) is 0 Å². The number of carbonyl (C=O) groups is 1. The second-order valence-electron chi connectivity index (χ2n) is 6.69. The molecule has 4 heteroatoms. The molecule has 3 aromatic rings. The van der Waals surface area contributed by atoms with Crippen molar-refractivity contribution in [3.63, 3.8) is 0 Å². The Balaban J connectivity index is 1.44. The number of piperazine rings is 1. The van der Waals surface area contributed by atoms with Crippen LogP contribution in [0.25, 0.3) is 10.8 Å². The molecule has 0 saturated carbocycles. The molecule has 0 aromatic heterocycles. The third kappa shape index (κ3) is 3.46. The lowest BCUT2D eigenvalue weighted by Gasteiger charge is -2.35. The van der Waals surface area contributed by atoms with Crippen molar-refractivity contribution in [1.29, 1.82) is 0 Å². The van der Waals surface area contributed by atoms with Gasteiger partial charge in [-0.05, 0) is 28.5 Å². The van der Waals surface area contributed by atoms with Gasteiger partial charge < -0.3 is 4.90 Å². The van der Waals surface area contributed by atoms with E-state index >= 15 is 0 Å². The highest BCUT2D eigenvalue weighted by Crippen LogP contribution is 2.22. The lowest BCUT2D eigenvalue weighted by Crippen LogP contribution is -2.48. The zero-order chi connectivity index (χ0) is 17.9. The smallest absolute Gasteiger partial charge is 0.254 e. The quantitative estimate of drug-likeness (QED) is 0.685. The molecule has 4 rings (SSSR count). The Hall–Kier alpha value is -2.36. The zero-order valence-corrected chi connectivity index (χ0v) is 15.3. The molecule has 0 N–H and O–H groups in total. The predicted octanol–water partition coefficient (Wildman–Crippen LogP) is 4.45. The number of fused-ring (bicyclic) bond motifs is 1. The third-order valence-corrected chi connectivity index (χ3v) is 5.40. The van der Waals surface area contributed by atoms with E-state index in [1.54, 1.807) is 0 Å². The van der Waals surface area contributed by atoms with E-state index in [-0.39, 0.29) is 5.91 Å². The van der Waals surface area contributed by atoms with E-state index < -0.39 is 0 Å². The zero-order valence-electron chi connectivity index (χ0n) is 14.6. The van der Waals surface area contributed by atoms with Crippen LogP contribution in [0, 0.1) is 0 Å². The average Bonchev–Trinajstić information content (AvgIpc) is 2.69. The number of rotatable bonds is 3. The fourth-order valence-corrected chi connectivity index (χ4v) is 3.75. The van der Waals surface area contributed by atoms with E-state index in [4.69, 9.17) is 11.6 Å². The summed E-state index contributed by atoms with van der Waals surface area (Å²) in [6.07, 6.45) is 0. The summed E-state index contributed by atoms with van der Waals surface area (Å²) in [5.41, 5.74) is 1.94. The summed E-state index contributed by atoms with van der Waals surface area (Å²) in [4.78, 5) is 17.3. The maximum absolute atomic E-state index is 13.0. The molecule has 132 valence electrons. The fourth-order valence-electron chi connectivity index (χ4n) is 3.56. The van der Waals surface area contributed by atoms with Crippen LogP contribution in [0.1, 0.15) is 15.9 Å². The van der Waals surface area contributed by atoms with Crippen molar-refractivity contribution < 1.29 is 4.79 Å². The molecule has 0 spiro atoms. The second kappa shape index (κ2) is 7.48. The lowest BCUT2D eigenvalue weighted by atomic mass is 10.0. The van der Waals surface area contributed by atoms with Crippen LogP contribution < -0.4 is 0 Å². The highest BCUT2D eigenvalue weighted by molar-refractivity contribution is 6.31. The number of hydrogen-bond acceptors (Lipinski definition) is 2. The van der Waals surface area contributed by atoms with Crippen molar-refractivity contribution >= 4 is 28.3 Å². The summed E-state index contributed by atoms with van der Waals surface area (Å²) in [6.45, 7) is 4.04. The van der Waals surface area contributed by atoms with Gasteiger partial charge in [0.15, 0.2) is 0 Å². The van der Waals surface area contributed by atoms with E-state index in [2.05, 4.69) is 11.0 Å². The molecule has 1 aliphatic rings. The summed E-state index contributed by atoms with van der Waals surface area (Å²) < 4.78 is 0. The van der Waals surface area contributed by atoms with Crippen LogP contribution >= 0.6 is 11.6 Å². The predicted molar refractivity (Wildman–Crippen MR) is 107 cm³/mol. The Morgan fingerprint density at radius 3 is 2.35 bits per heavy atom. The molecular weight excluding hydrogens is 344 g/mol. The summed E-state index contributed by atoms with van der Waals surface area (Å²) in [7, 11) is 0. The normalized spacial score (nSPS) is 15.3. The molecule has 3 nitrogen and oxygen atoms in total. The number of benzene rings is 3. The van der Waals surface area contributed by atoms with Crippen LogP contribution in [0.5, 0.6) is 0 Å². The van der Waals surface area contributed by atoms with E-state index in [0.717, 1.165) is 59.6 Å². The number of amides is 1. The molecule has 1 saturated heterocycles. The van der Waals surface area contributed by atoms with Crippen LogP contribution in [-0.2, 0) is 6.54 Å². The van der Waals surface area contributed by atoms with Crippen LogP contribution in [0.3, 0.4) is 0 Å². The molecule has 0 bridgehead atoms. The van der Waals surface area contributed by atoms with Gasteiger partial charge in [0, 0.05) is 43.3 Å². The Kier molecular flexibility index (Phi) is 4.91. The van der Waals surface area contributed by atoms with Crippen molar-refractivity contribution in [1.82, 2.24) is 9.80 Å². The Bertz CT molecular complexity index is 927. The summed E-state index contributed by atoms with van der Waals surface area (Å²) in [5, 5.41) is 2.94. The van der Waals surface area contributed by atoms with Gasteiger partial charge in [-0.25, -0.2) is 0 Å².